The predicted octanol–water partition coefficient (Wildman–Crippen LogP) is 4.30. The molecule has 10 heteroatoms. The van der Waals surface area contributed by atoms with Crippen molar-refractivity contribution in [2.24, 2.45) is 5.92 Å². The monoisotopic (exact) mass is 563 g/mol. The Balaban J connectivity index is 2.46. The molecule has 2 N–H and O–H groups in total. The second-order valence-electron chi connectivity index (χ2n) is 11.1. The summed E-state index contributed by atoms with van der Waals surface area (Å²) in [7, 11) is 0. The summed E-state index contributed by atoms with van der Waals surface area (Å²) in [6.07, 6.45) is 2.44. The minimum Gasteiger partial charge on any atom is -0.466 e. The molecule has 1 aliphatic rings. The summed E-state index contributed by atoms with van der Waals surface area (Å²) in [5.74, 6) is -0.252. The molecule has 3 amide bonds. The smallest absolute Gasteiger partial charge is 0.408 e. The van der Waals surface area contributed by atoms with Gasteiger partial charge >= 0.3 is 12.1 Å². The van der Waals surface area contributed by atoms with E-state index in [4.69, 9.17) is 9.47 Å². The van der Waals surface area contributed by atoms with E-state index in [0.29, 0.717) is 12.2 Å². The van der Waals surface area contributed by atoms with E-state index in [2.05, 4.69) is 10.6 Å². The number of thioether (sulfide) groups is 1. The summed E-state index contributed by atoms with van der Waals surface area (Å²) < 4.78 is 10.4. The number of amides is 3. The third-order valence-corrected chi connectivity index (χ3v) is 7.11. The Labute approximate surface area is 237 Å². The van der Waals surface area contributed by atoms with Crippen molar-refractivity contribution in [2.45, 2.75) is 91.5 Å². The standard InChI is InChI=1S/C29H45N3O6S/c1-9-37-24(33)12-14-30-26(34)25(21-16-18(2)10-11-19(21)3)32(23-17-20(23)4)27(35)22(13-15-39-8)31-28(36)38-29(5,6)7/h10-11,16,20,22-23,25H,9,12-15,17H2,1-8H3,(H,30,34)(H,31,36). The number of esters is 1. The van der Waals surface area contributed by atoms with E-state index in [1.165, 1.54) is 0 Å². The number of nitrogens with one attached hydrogen (secondary N) is 2. The highest BCUT2D eigenvalue weighted by Crippen LogP contribution is 2.41. The van der Waals surface area contributed by atoms with E-state index in [0.717, 1.165) is 23.1 Å². The normalized spacial score (nSPS) is 17.9. The number of ether oxygens (including phenoxy) is 2. The molecule has 1 saturated carbocycles. The van der Waals surface area contributed by atoms with E-state index in [-0.39, 0.29) is 43.3 Å². The number of carbonyl (C=O) groups is 4. The number of hydrogen-bond donors (Lipinski definition) is 2. The number of alkyl carbamates (subject to hydrolysis) is 1. The summed E-state index contributed by atoms with van der Waals surface area (Å²) >= 11 is 1.57. The van der Waals surface area contributed by atoms with Crippen LogP contribution in [0.4, 0.5) is 4.79 Å². The van der Waals surface area contributed by atoms with Crippen LogP contribution in [-0.2, 0) is 23.9 Å². The van der Waals surface area contributed by atoms with Gasteiger partial charge in [-0.05, 0) is 83.4 Å². The van der Waals surface area contributed by atoms with Crippen LogP contribution in [0.3, 0.4) is 0 Å². The van der Waals surface area contributed by atoms with Crippen LogP contribution in [0.25, 0.3) is 0 Å². The molecule has 0 aliphatic heterocycles. The Bertz CT molecular complexity index is 1020. The fourth-order valence-electron chi connectivity index (χ4n) is 4.38. The molecule has 1 aromatic carbocycles. The van der Waals surface area contributed by atoms with Crippen LogP contribution in [0.1, 0.15) is 76.6 Å². The van der Waals surface area contributed by atoms with Crippen molar-refractivity contribution in [3.05, 3.63) is 34.9 Å². The van der Waals surface area contributed by atoms with Gasteiger partial charge in [0.05, 0.1) is 13.0 Å². The molecule has 4 atom stereocenters. The second-order valence-corrected chi connectivity index (χ2v) is 12.1. The first kappa shape index (κ1) is 32.5. The van der Waals surface area contributed by atoms with Crippen LogP contribution in [0.2, 0.25) is 0 Å². The molecule has 0 aromatic heterocycles. The van der Waals surface area contributed by atoms with E-state index in [1.807, 2.05) is 45.2 Å². The largest absolute Gasteiger partial charge is 0.466 e. The highest BCUT2D eigenvalue weighted by Gasteiger charge is 2.48. The molecule has 0 saturated heterocycles. The summed E-state index contributed by atoms with van der Waals surface area (Å²) in [5, 5.41) is 5.63. The highest BCUT2D eigenvalue weighted by molar-refractivity contribution is 7.98. The summed E-state index contributed by atoms with van der Waals surface area (Å²) in [4.78, 5) is 54.3. The van der Waals surface area contributed by atoms with Crippen molar-refractivity contribution >= 4 is 35.6 Å². The first-order valence-electron chi connectivity index (χ1n) is 13.6. The van der Waals surface area contributed by atoms with Gasteiger partial charge in [0.15, 0.2) is 0 Å². The molecule has 9 nitrogen and oxygen atoms in total. The van der Waals surface area contributed by atoms with Gasteiger partial charge in [0.2, 0.25) is 11.8 Å². The van der Waals surface area contributed by atoms with Gasteiger partial charge in [0.1, 0.15) is 17.7 Å². The van der Waals surface area contributed by atoms with Gasteiger partial charge < -0.3 is 25.0 Å². The molecule has 0 heterocycles. The van der Waals surface area contributed by atoms with Crippen LogP contribution in [0, 0.1) is 19.8 Å². The third kappa shape index (κ3) is 10.1. The fourth-order valence-corrected chi connectivity index (χ4v) is 4.86. The van der Waals surface area contributed by atoms with Gasteiger partial charge in [0, 0.05) is 12.6 Å². The van der Waals surface area contributed by atoms with Crippen molar-refractivity contribution in [1.29, 1.82) is 0 Å². The van der Waals surface area contributed by atoms with E-state index >= 15 is 0 Å². The van der Waals surface area contributed by atoms with E-state index < -0.39 is 29.7 Å². The molecule has 39 heavy (non-hydrogen) atoms. The highest BCUT2D eigenvalue weighted by atomic mass is 32.2. The maximum Gasteiger partial charge on any atom is 0.408 e. The van der Waals surface area contributed by atoms with Gasteiger partial charge in [0.25, 0.3) is 0 Å². The molecule has 218 valence electrons. The predicted molar refractivity (Wildman–Crippen MR) is 153 cm³/mol. The topological polar surface area (TPSA) is 114 Å². The Morgan fingerprint density at radius 2 is 1.85 bits per heavy atom. The molecule has 0 spiro atoms. The zero-order valence-electron chi connectivity index (χ0n) is 24.6. The summed E-state index contributed by atoms with van der Waals surface area (Å²) in [5.41, 5.74) is 1.83. The lowest BCUT2D eigenvalue weighted by atomic mass is 9.95. The molecule has 0 bridgehead atoms. The average Bonchev–Trinajstić information content (AvgIpc) is 3.56. The van der Waals surface area contributed by atoms with Gasteiger partial charge in [-0.1, -0.05) is 30.7 Å². The van der Waals surface area contributed by atoms with Gasteiger partial charge in [-0.3, -0.25) is 14.4 Å². The molecule has 1 aromatic rings. The Morgan fingerprint density at radius 3 is 2.41 bits per heavy atom. The molecule has 4 unspecified atom stereocenters. The zero-order chi connectivity index (χ0) is 29.3. The van der Waals surface area contributed by atoms with Crippen LogP contribution >= 0.6 is 11.8 Å². The van der Waals surface area contributed by atoms with Crippen LogP contribution in [0.5, 0.6) is 0 Å². The lowest BCUT2D eigenvalue weighted by molar-refractivity contribution is -0.145. The van der Waals surface area contributed by atoms with Crippen LogP contribution in [0.15, 0.2) is 18.2 Å². The number of nitrogens with zero attached hydrogens (tertiary/aromatic N) is 1. The first-order valence-corrected chi connectivity index (χ1v) is 15.0. The van der Waals surface area contributed by atoms with Crippen LogP contribution < -0.4 is 10.6 Å². The maximum absolute atomic E-state index is 14.3. The Hall–Kier alpha value is -2.75. The van der Waals surface area contributed by atoms with Crippen molar-refractivity contribution in [3.8, 4) is 0 Å². The molecular weight excluding hydrogens is 518 g/mol. The molecule has 1 fully saturated rings. The SMILES string of the molecule is CCOC(=O)CCNC(=O)C(c1cc(C)ccc1C)N(C(=O)C(CCSC)NC(=O)OC(C)(C)C)C1CC1C. The third-order valence-electron chi connectivity index (χ3n) is 6.47. The average molecular weight is 564 g/mol. The summed E-state index contributed by atoms with van der Waals surface area (Å²) in [6, 6.07) is 3.89. The quantitative estimate of drug-likeness (QED) is 0.344. The lowest BCUT2D eigenvalue weighted by Gasteiger charge is -2.35. The van der Waals surface area contributed by atoms with Gasteiger partial charge in [-0.15, -0.1) is 0 Å². The minimum atomic E-state index is -0.924. The zero-order valence-corrected chi connectivity index (χ0v) is 25.4. The Kier molecular flexibility index (Phi) is 12.1. The van der Waals surface area contributed by atoms with E-state index in [9.17, 15) is 19.2 Å². The lowest BCUT2D eigenvalue weighted by Crippen LogP contribution is -2.54. The van der Waals surface area contributed by atoms with Crippen molar-refractivity contribution in [3.63, 3.8) is 0 Å². The molecule has 0 radical (unpaired) electrons. The second kappa shape index (κ2) is 14.6. The fraction of sp³-hybridized carbons (Fsp3) is 0.655. The molecule has 1 aliphatic carbocycles. The molecule has 2 rings (SSSR count). The van der Waals surface area contributed by atoms with Crippen molar-refractivity contribution < 1.29 is 28.7 Å². The number of hydrogen-bond acceptors (Lipinski definition) is 7. The first-order chi connectivity index (χ1) is 18.3. The number of benzene rings is 1. The van der Waals surface area contributed by atoms with Crippen molar-refractivity contribution in [1.82, 2.24) is 15.5 Å². The van der Waals surface area contributed by atoms with E-state index in [1.54, 1.807) is 44.4 Å². The van der Waals surface area contributed by atoms with Gasteiger partial charge in [-0.25, -0.2) is 4.79 Å². The number of aryl methyl sites for hydroxylation is 2. The van der Waals surface area contributed by atoms with Crippen molar-refractivity contribution in [2.75, 3.05) is 25.2 Å². The number of carbonyl (C=O) groups excluding carboxylic acids is 4. The summed E-state index contributed by atoms with van der Waals surface area (Å²) in [6.45, 7) is 13.3. The minimum absolute atomic E-state index is 0.0312. The van der Waals surface area contributed by atoms with Crippen LogP contribution in [-0.4, -0.2) is 71.6 Å². The van der Waals surface area contributed by atoms with Gasteiger partial charge in [-0.2, -0.15) is 11.8 Å². The molecular formula is C29H45N3O6S. The Morgan fingerprint density at radius 1 is 1.18 bits per heavy atom. The number of rotatable bonds is 13. The maximum atomic E-state index is 14.3.